The van der Waals surface area contributed by atoms with Gasteiger partial charge in [0.05, 0.1) is 32.2 Å². The van der Waals surface area contributed by atoms with Crippen LogP contribution >= 0.6 is 22.7 Å². The Morgan fingerprint density at radius 2 is 0.868 bits per heavy atom. The molecule has 178 valence electrons. The third-order valence-corrected chi connectivity index (χ3v) is 9.30. The number of nitrogens with zero attached hydrogens (tertiary/aromatic N) is 4. The number of aromatic nitrogens is 4. The Hall–Kier alpha value is -4.52. The fourth-order valence-corrected chi connectivity index (χ4v) is 7.57. The summed E-state index contributed by atoms with van der Waals surface area (Å²) in [5.41, 5.74) is 5.63. The Morgan fingerprint density at radius 1 is 0.421 bits per heavy atom. The molecular formula is C32H18N4S2. The average Bonchev–Trinajstić information content (AvgIpc) is 3.56. The topological polar surface area (TPSA) is 51.6 Å². The number of hydrogen-bond donors (Lipinski definition) is 0. The van der Waals surface area contributed by atoms with Gasteiger partial charge in [0.15, 0.2) is 0 Å². The van der Waals surface area contributed by atoms with Crippen molar-refractivity contribution in [3.8, 4) is 33.9 Å². The predicted octanol–water partition coefficient (Wildman–Crippen LogP) is 9.00. The Kier molecular flexibility index (Phi) is 4.83. The minimum absolute atomic E-state index is 0.813. The molecule has 2 aromatic carbocycles. The molecule has 0 atom stereocenters. The zero-order chi connectivity index (χ0) is 25.1. The van der Waals surface area contributed by atoms with Gasteiger partial charge in [-0.3, -0.25) is 19.9 Å². The van der Waals surface area contributed by atoms with Gasteiger partial charge >= 0.3 is 0 Å². The van der Waals surface area contributed by atoms with E-state index in [4.69, 9.17) is 9.97 Å². The maximum absolute atomic E-state index is 4.78. The molecule has 0 saturated heterocycles. The standard InChI is InChI=1S/C32H18N4S2/c1-3-7-27-21(5-1)23-11-15-35-29(31(23)37-27)19-9-13-33-25(17-19)26-18-20(10-14-34-26)30-32-24(12-16-36-30)22-6-2-4-8-28(22)38-32/h1-18H. The quantitative estimate of drug-likeness (QED) is 0.232. The van der Waals surface area contributed by atoms with Crippen molar-refractivity contribution >= 4 is 63.0 Å². The van der Waals surface area contributed by atoms with Crippen molar-refractivity contribution in [2.24, 2.45) is 0 Å². The highest BCUT2D eigenvalue weighted by atomic mass is 32.1. The molecule has 0 aliphatic heterocycles. The van der Waals surface area contributed by atoms with Crippen LogP contribution in [0.25, 0.3) is 74.2 Å². The molecule has 0 N–H and O–H groups in total. The molecule has 8 rings (SSSR count). The van der Waals surface area contributed by atoms with Crippen molar-refractivity contribution in [3.63, 3.8) is 0 Å². The number of benzene rings is 2. The second kappa shape index (κ2) is 8.52. The summed E-state index contributed by atoms with van der Waals surface area (Å²) in [4.78, 5) is 18.9. The van der Waals surface area contributed by atoms with Crippen molar-refractivity contribution < 1.29 is 0 Å². The first-order valence-corrected chi connectivity index (χ1v) is 13.9. The number of thiophene rings is 2. The van der Waals surface area contributed by atoms with E-state index in [1.165, 1.54) is 40.3 Å². The monoisotopic (exact) mass is 522 g/mol. The molecule has 0 aliphatic carbocycles. The first kappa shape index (κ1) is 21.6. The van der Waals surface area contributed by atoms with Crippen LogP contribution in [-0.2, 0) is 0 Å². The molecule has 0 saturated carbocycles. The Balaban J connectivity index is 1.25. The second-order valence-corrected chi connectivity index (χ2v) is 11.2. The van der Waals surface area contributed by atoms with Crippen molar-refractivity contribution in [2.45, 2.75) is 0 Å². The summed E-state index contributed by atoms with van der Waals surface area (Å²) in [5, 5.41) is 5.00. The van der Waals surface area contributed by atoms with E-state index in [2.05, 4.69) is 82.8 Å². The van der Waals surface area contributed by atoms with E-state index in [0.29, 0.717) is 0 Å². The van der Waals surface area contributed by atoms with E-state index in [0.717, 1.165) is 33.9 Å². The predicted molar refractivity (Wildman–Crippen MR) is 160 cm³/mol. The van der Waals surface area contributed by atoms with E-state index in [1.54, 1.807) is 22.7 Å². The van der Waals surface area contributed by atoms with E-state index < -0.39 is 0 Å². The third-order valence-electron chi connectivity index (χ3n) is 6.92. The lowest BCUT2D eigenvalue weighted by molar-refractivity contribution is 1.24. The summed E-state index contributed by atoms with van der Waals surface area (Å²) < 4.78 is 4.91. The van der Waals surface area contributed by atoms with E-state index in [-0.39, 0.29) is 0 Å². The van der Waals surface area contributed by atoms with Crippen molar-refractivity contribution in [2.75, 3.05) is 0 Å². The van der Waals surface area contributed by atoms with Gasteiger partial charge < -0.3 is 0 Å². The molecular weight excluding hydrogens is 505 g/mol. The van der Waals surface area contributed by atoms with Crippen molar-refractivity contribution in [1.29, 1.82) is 0 Å². The normalized spacial score (nSPS) is 11.7. The summed E-state index contributed by atoms with van der Waals surface area (Å²) in [6, 6.07) is 29.5. The smallest absolute Gasteiger partial charge is 0.0893 e. The van der Waals surface area contributed by atoms with Gasteiger partial charge in [-0.2, -0.15) is 0 Å². The number of pyridine rings is 4. The van der Waals surface area contributed by atoms with Gasteiger partial charge in [0.1, 0.15) is 0 Å². The second-order valence-electron chi connectivity index (χ2n) is 9.13. The third kappa shape index (κ3) is 3.35. The van der Waals surface area contributed by atoms with Crippen LogP contribution in [0, 0.1) is 0 Å². The first-order valence-electron chi connectivity index (χ1n) is 12.3. The minimum atomic E-state index is 0.813. The maximum atomic E-state index is 4.78. The number of fused-ring (bicyclic) bond motifs is 6. The van der Waals surface area contributed by atoms with Gasteiger partial charge in [-0.1, -0.05) is 36.4 Å². The highest BCUT2D eigenvalue weighted by Crippen LogP contribution is 2.40. The van der Waals surface area contributed by atoms with Gasteiger partial charge in [-0.25, -0.2) is 0 Å². The lowest BCUT2D eigenvalue weighted by Gasteiger charge is -2.07. The zero-order valence-electron chi connectivity index (χ0n) is 20.0. The molecule has 0 unspecified atom stereocenters. The molecule has 8 aromatic rings. The van der Waals surface area contributed by atoms with Gasteiger partial charge in [-0.15, -0.1) is 22.7 Å². The zero-order valence-corrected chi connectivity index (χ0v) is 21.6. The minimum Gasteiger partial charge on any atom is -0.255 e. The fourth-order valence-electron chi connectivity index (χ4n) is 5.15. The Morgan fingerprint density at radius 3 is 1.37 bits per heavy atom. The molecule has 38 heavy (non-hydrogen) atoms. The number of hydrogen-bond acceptors (Lipinski definition) is 6. The molecule has 0 amide bonds. The number of rotatable bonds is 3. The molecule has 0 aliphatic rings. The molecule has 6 aromatic heterocycles. The summed E-state index contributed by atoms with van der Waals surface area (Å²) in [5.74, 6) is 0. The highest BCUT2D eigenvalue weighted by Gasteiger charge is 2.15. The SMILES string of the molecule is c1ccc2c(c1)sc1c(-c3ccnc(-c4cc(-c5nccc6c5sc5ccccc56)ccn4)c3)nccc12. The highest BCUT2D eigenvalue weighted by molar-refractivity contribution is 7.26. The summed E-state index contributed by atoms with van der Waals surface area (Å²) in [7, 11) is 0. The largest absolute Gasteiger partial charge is 0.255 e. The van der Waals surface area contributed by atoms with Crippen LogP contribution in [0.4, 0.5) is 0 Å². The fraction of sp³-hybridized carbons (Fsp3) is 0. The lowest BCUT2D eigenvalue weighted by atomic mass is 10.1. The van der Waals surface area contributed by atoms with Crippen molar-refractivity contribution in [1.82, 2.24) is 19.9 Å². The molecule has 0 fully saturated rings. The van der Waals surface area contributed by atoms with E-state index in [9.17, 15) is 0 Å². The molecule has 0 spiro atoms. The first-order chi connectivity index (χ1) is 18.8. The van der Waals surface area contributed by atoms with Crippen LogP contribution in [0.1, 0.15) is 0 Å². The van der Waals surface area contributed by atoms with Gasteiger partial charge in [0.25, 0.3) is 0 Å². The molecule has 0 bridgehead atoms. The van der Waals surface area contributed by atoms with Crippen molar-refractivity contribution in [3.05, 3.63) is 110 Å². The van der Waals surface area contributed by atoms with Crippen LogP contribution in [0.3, 0.4) is 0 Å². The molecule has 4 nitrogen and oxygen atoms in total. The van der Waals surface area contributed by atoms with Crippen LogP contribution < -0.4 is 0 Å². The summed E-state index contributed by atoms with van der Waals surface area (Å²) >= 11 is 3.56. The maximum Gasteiger partial charge on any atom is 0.0893 e. The lowest BCUT2D eigenvalue weighted by Crippen LogP contribution is -1.91. The Bertz CT molecular complexity index is 2000. The van der Waals surface area contributed by atoms with Gasteiger partial charge in [0.2, 0.25) is 0 Å². The van der Waals surface area contributed by atoms with Crippen LogP contribution in [0.5, 0.6) is 0 Å². The summed E-state index contributed by atoms with van der Waals surface area (Å²) in [6.07, 6.45) is 7.48. The van der Waals surface area contributed by atoms with Gasteiger partial charge in [0, 0.05) is 66.9 Å². The van der Waals surface area contributed by atoms with Gasteiger partial charge in [-0.05, 0) is 48.5 Å². The Labute approximate surface area is 225 Å². The summed E-state index contributed by atoms with van der Waals surface area (Å²) in [6.45, 7) is 0. The van der Waals surface area contributed by atoms with E-state index in [1.807, 2.05) is 36.9 Å². The molecule has 6 heterocycles. The van der Waals surface area contributed by atoms with Crippen LogP contribution in [-0.4, -0.2) is 19.9 Å². The van der Waals surface area contributed by atoms with E-state index >= 15 is 0 Å². The molecule has 6 heteroatoms. The van der Waals surface area contributed by atoms with Crippen LogP contribution in [0.15, 0.2) is 110 Å². The van der Waals surface area contributed by atoms with Crippen LogP contribution in [0.2, 0.25) is 0 Å². The average molecular weight is 523 g/mol. The molecule has 0 radical (unpaired) electrons.